The highest BCUT2D eigenvalue weighted by Gasteiger charge is 2.42. The molecule has 0 unspecified atom stereocenters. The Morgan fingerprint density at radius 1 is 1.21 bits per heavy atom. The number of halogens is 3. The van der Waals surface area contributed by atoms with Crippen molar-refractivity contribution in [2.24, 2.45) is 5.92 Å². The third-order valence-electron chi connectivity index (χ3n) is 3.94. The van der Waals surface area contributed by atoms with Gasteiger partial charge in [-0.05, 0) is 31.6 Å². The molecule has 108 valence electrons. The zero-order valence-corrected chi connectivity index (χ0v) is 11.1. The van der Waals surface area contributed by atoms with Crippen LogP contribution in [0.25, 0.3) is 0 Å². The monoisotopic (exact) mass is 276 g/mol. The second kappa shape index (κ2) is 5.06. The molecule has 2 N–H and O–H groups in total. The number of alkyl halides is 3. The molecule has 0 atom stereocenters. The lowest BCUT2D eigenvalue weighted by molar-refractivity contribution is -0.182. The largest absolute Gasteiger partial charge is 0.391 e. The summed E-state index contributed by atoms with van der Waals surface area (Å²) in [6.45, 7) is 3.96. The molecule has 0 aliphatic heterocycles. The summed E-state index contributed by atoms with van der Waals surface area (Å²) in [5.74, 6) is -0.669. The Bertz CT molecular complexity index is 432. The second-order valence-electron chi connectivity index (χ2n) is 5.59. The van der Waals surface area contributed by atoms with Crippen molar-refractivity contribution in [1.82, 2.24) is 5.16 Å². The zero-order chi connectivity index (χ0) is 14.2. The lowest BCUT2D eigenvalue weighted by Crippen LogP contribution is -2.27. The lowest BCUT2D eigenvalue weighted by Gasteiger charge is -2.29. The summed E-state index contributed by atoms with van der Waals surface area (Å²) < 4.78 is 42.9. The van der Waals surface area contributed by atoms with E-state index in [9.17, 15) is 13.2 Å². The van der Waals surface area contributed by atoms with Gasteiger partial charge in [0.25, 0.3) is 0 Å². The summed E-state index contributed by atoms with van der Waals surface area (Å²) in [7, 11) is 0. The number of nitrogens with zero attached hydrogens (tertiary/aromatic N) is 1. The van der Waals surface area contributed by atoms with Gasteiger partial charge in [0, 0.05) is 11.5 Å². The van der Waals surface area contributed by atoms with E-state index in [0.717, 1.165) is 11.3 Å². The van der Waals surface area contributed by atoms with Crippen molar-refractivity contribution in [1.29, 1.82) is 0 Å². The number of hydrogen-bond donors (Lipinski definition) is 1. The van der Waals surface area contributed by atoms with Gasteiger partial charge in [0.1, 0.15) is 0 Å². The van der Waals surface area contributed by atoms with E-state index in [2.05, 4.69) is 5.16 Å². The second-order valence-corrected chi connectivity index (χ2v) is 5.59. The Kier molecular flexibility index (Phi) is 3.78. The minimum atomic E-state index is -4.07. The molecular weight excluding hydrogens is 257 g/mol. The fourth-order valence-electron chi connectivity index (χ4n) is 2.89. The van der Waals surface area contributed by atoms with Gasteiger partial charge in [-0.2, -0.15) is 13.2 Å². The normalized spacial score (nSPS) is 24.9. The molecule has 0 aromatic carbocycles. The van der Waals surface area contributed by atoms with Crippen LogP contribution >= 0.6 is 0 Å². The molecule has 19 heavy (non-hydrogen) atoms. The summed E-state index contributed by atoms with van der Waals surface area (Å²) in [5.41, 5.74) is 7.35. The van der Waals surface area contributed by atoms with Gasteiger partial charge in [-0.15, -0.1) is 0 Å². The van der Waals surface area contributed by atoms with Crippen molar-refractivity contribution in [3.8, 4) is 0 Å². The number of anilines is 1. The molecule has 0 saturated heterocycles. The van der Waals surface area contributed by atoms with Crippen LogP contribution in [0.1, 0.15) is 62.6 Å². The molecule has 1 heterocycles. The summed E-state index contributed by atoms with van der Waals surface area (Å²) in [6.07, 6.45) is -2.75. The van der Waals surface area contributed by atoms with E-state index in [-0.39, 0.29) is 24.7 Å². The van der Waals surface area contributed by atoms with Gasteiger partial charge in [-0.25, -0.2) is 0 Å². The molecule has 3 nitrogen and oxygen atoms in total. The molecule has 2 rings (SSSR count). The average molecular weight is 276 g/mol. The van der Waals surface area contributed by atoms with Crippen LogP contribution in [0.3, 0.4) is 0 Å². The predicted molar refractivity (Wildman–Crippen MR) is 65.8 cm³/mol. The molecule has 6 heteroatoms. The Hall–Kier alpha value is -1.20. The summed E-state index contributed by atoms with van der Waals surface area (Å²) in [4.78, 5) is 0. The predicted octanol–water partition coefficient (Wildman–Crippen LogP) is 4.22. The minimum absolute atomic E-state index is 0.0389. The van der Waals surface area contributed by atoms with E-state index in [4.69, 9.17) is 10.3 Å². The van der Waals surface area contributed by atoms with Crippen molar-refractivity contribution in [3.63, 3.8) is 0 Å². The molecule has 0 bridgehead atoms. The maximum Gasteiger partial charge on any atom is 0.391 e. The first-order chi connectivity index (χ1) is 8.80. The molecule has 1 fully saturated rings. The zero-order valence-electron chi connectivity index (χ0n) is 11.1. The van der Waals surface area contributed by atoms with E-state index >= 15 is 0 Å². The van der Waals surface area contributed by atoms with E-state index in [1.54, 1.807) is 0 Å². The third kappa shape index (κ3) is 2.87. The first-order valence-electron chi connectivity index (χ1n) is 6.62. The van der Waals surface area contributed by atoms with Gasteiger partial charge < -0.3 is 10.3 Å². The van der Waals surface area contributed by atoms with E-state index in [1.807, 2.05) is 13.8 Å². The van der Waals surface area contributed by atoms with Crippen molar-refractivity contribution < 1.29 is 17.7 Å². The molecule has 1 aromatic heterocycles. The number of nitrogens with two attached hydrogens (primary N) is 1. The maximum atomic E-state index is 12.6. The van der Waals surface area contributed by atoms with Crippen LogP contribution < -0.4 is 5.73 Å². The summed E-state index contributed by atoms with van der Waals surface area (Å²) in [5, 5.41) is 3.97. The van der Waals surface area contributed by atoms with E-state index < -0.39 is 12.1 Å². The molecule has 0 spiro atoms. The summed E-state index contributed by atoms with van der Waals surface area (Å²) in [6, 6.07) is 0. The highest BCUT2D eigenvalue weighted by atomic mass is 19.4. The molecule has 1 aromatic rings. The first-order valence-corrected chi connectivity index (χ1v) is 6.62. The molecule has 0 amide bonds. The van der Waals surface area contributed by atoms with Crippen LogP contribution in [0.5, 0.6) is 0 Å². The topological polar surface area (TPSA) is 52.0 Å². The van der Waals surface area contributed by atoms with Crippen molar-refractivity contribution in [2.75, 3.05) is 5.73 Å². The maximum absolute atomic E-state index is 12.6. The lowest BCUT2D eigenvalue weighted by atomic mass is 9.78. The van der Waals surface area contributed by atoms with Gasteiger partial charge in [0.2, 0.25) is 5.88 Å². The van der Waals surface area contributed by atoms with Crippen molar-refractivity contribution in [3.05, 3.63) is 11.3 Å². The molecule has 1 saturated carbocycles. The fraction of sp³-hybridized carbons (Fsp3) is 0.769. The van der Waals surface area contributed by atoms with Gasteiger partial charge in [-0.3, -0.25) is 0 Å². The van der Waals surface area contributed by atoms with Gasteiger partial charge >= 0.3 is 6.18 Å². The third-order valence-corrected chi connectivity index (χ3v) is 3.94. The van der Waals surface area contributed by atoms with Crippen LogP contribution in [-0.4, -0.2) is 11.3 Å². The van der Waals surface area contributed by atoms with E-state index in [1.165, 1.54) is 0 Å². The average Bonchev–Trinajstić information content (AvgIpc) is 2.70. The van der Waals surface area contributed by atoms with Gasteiger partial charge in [-0.1, -0.05) is 19.0 Å². The van der Waals surface area contributed by atoms with Gasteiger partial charge in [0.05, 0.1) is 11.6 Å². The minimum Gasteiger partial charge on any atom is -0.367 e. The molecular formula is C13H19F3N2O. The highest BCUT2D eigenvalue weighted by molar-refractivity contribution is 5.42. The highest BCUT2D eigenvalue weighted by Crippen LogP contribution is 2.44. The quantitative estimate of drug-likeness (QED) is 0.880. The molecule has 0 radical (unpaired) electrons. The van der Waals surface area contributed by atoms with Crippen LogP contribution in [0, 0.1) is 5.92 Å². The number of nitrogen functional groups attached to an aromatic ring is 1. The summed E-state index contributed by atoms with van der Waals surface area (Å²) >= 11 is 0. The van der Waals surface area contributed by atoms with Crippen LogP contribution in [0.2, 0.25) is 0 Å². The molecule has 1 aliphatic rings. The number of rotatable bonds is 2. The smallest absolute Gasteiger partial charge is 0.367 e. The van der Waals surface area contributed by atoms with E-state index in [0.29, 0.717) is 18.7 Å². The SMILES string of the molecule is CC(C)c1c(C2CCC(C(F)(F)F)CC2)noc1N. The Balaban J connectivity index is 2.10. The van der Waals surface area contributed by atoms with Crippen LogP contribution in [0.15, 0.2) is 4.52 Å². The standard InChI is InChI=1S/C13H19F3N2O/c1-7(2)10-11(18-19-12(10)17)8-3-5-9(6-4-8)13(14,15)16/h7-9H,3-6,17H2,1-2H3. The van der Waals surface area contributed by atoms with Gasteiger partial charge in [0.15, 0.2) is 0 Å². The Morgan fingerprint density at radius 3 is 2.26 bits per heavy atom. The first kappa shape index (κ1) is 14.2. The van der Waals surface area contributed by atoms with Crippen LogP contribution in [0.4, 0.5) is 19.1 Å². The Morgan fingerprint density at radius 2 is 1.79 bits per heavy atom. The molecule has 1 aliphatic carbocycles. The Labute approximate surface area is 110 Å². The number of aromatic nitrogens is 1. The van der Waals surface area contributed by atoms with Crippen molar-refractivity contribution in [2.45, 2.75) is 57.5 Å². The fourth-order valence-corrected chi connectivity index (χ4v) is 2.89. The van der Waals surface area contributed by atoms with Crippen molar-refractivity contribution >= 4 is 5.88 Å². The number of hydrogen-bond acceptors (Lipinski definition) is 3. The van der Waals surface area contributed by atoms with Crippen LogP contribution in [-0.2, 0) is 0 Å².